The molecule has 1 saturated heterocycles. The van der Waals surface area contributed by atoms with Crippen molar-refractivity contribution in [2.75, 3.05) is 26.9 Å². The third kappa shape index (κ3) is 3.05. The van der Waals surface area contributed by atoms with Gasteiger partial charge in [0.05, 0.1) is 25.9 Å². The van der Waals surface area contributed by atoms with E-state index in [-0.39, 0.29) is 24.3 Å². The summed E-state index contributed by atoms with van der Waals surface area (Å²) in [5.41, 5.74) is 0.718. The number of rotatable bonds is 3. The lowest BCUT2D eigenvalue weighted by molar-refractivity contribution is -0.158. The van der Waals surface area contributed by atoms with Crippen molar-refractivity contribution >= 4 is 5.91 Å². The quantitative estimate of drug-likeness (QED) is 0.895. The standard InChI is InChI=1S/C14H19NO4/c1-10(11-5-3-4-6-12(11)16)15(2)14(17)13-9-18-7-8-19-13/h3-6,10,13,16H,7-9H2,1-2H3. The van der Waals surface area contributed by atoms with E-state index < -0.39 is 6.10 Å². The number of carbonyl (C=O) groups is 1. The van der Waals surface area contributed by atoms with E-state index in [1.165, 1.54) is 0 Å². The Kier molecular flexibility index (Phi) is 4.39. The van der Waals surface area contributed by atoms with Crippen LogP contribution in [0.3, 0.4) is 0 Å². The van der Waals surface area contributed by atoms with E-state index in [1.54, 1.807) is 24.1 Å². The van der Waals surface area contributed by atoms with E-state index in [0.29, 0.717) is 13.2 Å². The zero-order valence-electron chi connectivity index (χ0n) is 11.2. The van der Waals surface area contributed by atoms with E-state index in [2.05, 4.69) is 0 Å². The lowest BCUT2D eigenvalue weighted by Gasteiger charge is -2.31. The Balaban J connectivity index is 2.08. The van der Waals surface area contributed by atoms with Crippen molar-refractivity contribution in [3.63, 3.8) is 0 Å². The second-order valence-corrected chi connectivity index (χ2v) is 4.62. The van der Waals surface area contributed by atoms with Crippen LogP contribution in [0.5, 0.6) is 5.75 Å². The van der Waals surface area contributed by atoms with Gasteiger partial charge in [0.1, 0.15) is 5.75 Å². The van der Waals surface area contributed by atoms with E-state index >= 15 is 0 Å². The maximum Gasteiger partial charge on any atom is 0.254 e. The lowest BCUT2D eigenvalue weighted by atomic mass is 10.1. The first kappa shape index (κ1) is 13.8. The number of benzene rings is 1. The van der Waals surface area contributed by atoms with Gasteiger partial charge in [-0.3, -0.25) is 4.79 Å². The number of phenols is 1. The molecule has 1 aromatic carbocycles. The smallest absolute Gasteiger partial charge is 0.254 e. The van der Waals surface area contributed by atoms with Crippen molar-refractivity contribution in [3.05, 3.63) is 29.8 Å². The molecule has 0 aliphatic carbocycles. The van der Waals surface area contributed by atoms with Crippen LogP contribution in [0, 0.1) is 0 Å². The molecule has 2 atom stereocenters. The van der Waals surface area contributed by atoms with Crippen molar-refractivity contribution in [1.29, 1.82) is 0 Å². The Morgan fingerprint density at radius 1 is 1.42 bits per heavy atom. The average molecular weight is 265 g/mol. The van der Waals surface area contributed by atoms with Crippen molar-refractivity contribution in [2.45, 2.75) is 19.1 Å². The van der Waals surface area contributed by atoms with E-state index in [0.717, 1.165) is 5.56 Å². The first-order chi connectivity index (χ1) is 9.11. The first-order valence-electron chi connectivity index (χ1n) is 6.35. The highest BCUT2D eigenvalue weighted by molar-refractivity contribution is 5.81. The molecule has 0 aromatic heterocycles. The highest BCUT2D eigenvalue weighted by atomic mass is 16.6. The van der Waals surface area contributed by atoms with Gasteiger partial charge in [0.15, 0.2) is 6.10 Å². The van der Waals surface area contributed by atoms with Crippen molar-refractivity contribution in [1.82, 2.24) is 4.90 Å². The van der Waals surface area contributed by atoms with Crippen LogP contribution in [-0.2, 0) is 14.3 Å². The van der Waals surface area contributed by atoms with Crippen LogP contribution in [0.1, 0.15) is 18.5 Å². The molecule has 0 spiro atoms. The molecule has 1 aromatic rings. The molecule has 0 bridgehead atoms. The fourth-order valence-electron chi connectivity index (χ4n) is 2.10. The SMILES string of the molecule is CC(c1ccccc1O)N(C)C(=O)C1COCCO1. The molecule has 19 heavy (non-hydrogen) atoms. The van der Waals surface area contributed by atoms with Gasteiger partial charge in [-0.15, -0.1) is 0 Å². The minimum atomic E-state index is -0.549. The second-order valence-electron chi connectivity index (χ2n) is 4.62. The lowest BCUT2D eigenvalue weighted by Crippen LogP contribution is -2.44. The fraction of sp³-hybridized carbons (Fsp3) is 0.500. The zero-order chi connectivity index (χ0) is 13.8. The predicted molar refractivity (Wildman–Crippen MR) is 69.9 cm³/mol. The summed E-state index contributed by atoms with van der Waals surface area (Å²) in [7, 11) is 1.71. The average Bonchev–Trinajstić information content (AvgIpc) is 2.46. The normalized spacial score (nSPS) is 20.8. The maximum absolute atomic E-state index is 12.3. The summed E-state index contributed by atoms with van der Waals surface area (Å²) >= 11 is 0. The van der Waals surface area contributed by atoms with Crippen molar-refractivity contribution < 1.29 is 19.4 Å². The molecule has 1 aliphatic heterocycles. The Morgan fingerprint density at radius 2 is 2.16 bits per heavy atom. The minimum Gasteiger partial charge on any atom is -0.508 e. The van der Waals surface area contributed by atoms with Crippen LogP contribution in [0.15, 0.2) is 24.3 Å². The first-order valence-corrected chi connectivity index (χ1v) is 6.35. The van der Waals surface area contributed by atoms with Gasteiger partial charge in [-0.2, -0.15) is 0 Å². The van der Waals surface area contributed by atoms with E-state index in [1.807, 2.05) is 19.1 Å². The molecule has 2 unspecified atom stereocenters. The molecule has 1 aliphatic rings. The van der Waals surface area contributed by atoms with Crippen LogP contribution in [0.2, 0.25) is 0 Å². The van der Waals surface area contributed by atoms with Gasteiger partial charge < -0.3 is 19.5 Å². The third-order valence-corrected chi connectivity index (χ3v) is 3.41. The largest absolute Gasteiger partial charge is 0.508 e. The molecule has 1 N–H and O–H groups in total. The number of para-hydroxylation sites is 1. The number of phenolic OH excluding ortho intramolecular Hbond substituents is 1. The monoisotopic (exact) mass is 265 g/mol. The highest BCUT2D eigenvalue weighted by Crippen LogP contribution is 2.27. The van der Waals surface area contributed by atoms with Crippen LogP contribution in [0.25, 0.3) is 0 Å². The number of carbonyl (C=O) groups excluding carboxylic acids is 1. The Labute approximate surface area is 112 Å². The summed E-state index contributed by atoms with van der Waals surface area (Å²) in [6.07, 6.45) is -0.549. The molecule has 0 saturated carbocycles. The molecule has 0 radical (unpaired) electrons. The van der Waals surface area contributed by atoms with Gasteiger partial charge in [0, 0.05) is 12.6 Å². The number of ether oxygens (including phenoxy) is 2. The van der Waals surface area contributed by atoms with Gasteiger partial charge >= 0.3 is 0 Å². The second kappa shape index (κ2) is 6.04. The summed E-state index contributed by atoms with van der Waals surface area (Å²) in [5.74, 6) is 0.0610. The fourth-order valence-corrected chi connectivity index (χ4v) is 2.10. The summed E-state index contributed by atoms with van der Waals surface area (Å²) in [5, 5.41) is 9.83. The van der Waals surface area contributed by atoms with E-state index in [9.17, 15) is 9.90 Å². The predicted octanol–water partition coefficient (Wildman–Crippen LogP) is 1.33. The van der Waals surface area contributed by atoms with Gasteiger partial charge in [0.2, 0.25) is 0 Å². The van der Waals surface area contributed by atoms with Gasteiger partial charge in [-0.25, -0.2) is 0 Å². The van der Waals surface area contributed by atoms with Crippen LogP contribution in [0.4, 0.5) is 0 Å². The summed E-state index contributed by atoms with van der Waals surface area (Å²) < 4.78 is 10.6. The Hall–Kier alpha value is -1.59. The van der Waals surface area contributed by atoms with Gasteiger partial charge in [-0.05, 0) is 13.0 Å². The number of hydrogen-bond acceptors (Lipinski definition) is 4. The van der Waals surface area contributed by atoms with Gasteiger partial charge in [0.25, 0.3) is 5.91 Å². The Morgan fingerprint density at radius 3 is 2.79 bits per heavy atom. The van der Waals surface area contributed by atoms with Gasteiger partial charge in [-0.1, -0.05) is 18.2 Å². The molecular formula is C14H19NO4. The van der Waals surface area contributed by atoms with Crippen LogP contribution in [-0.4, -0.2) is 48.9 Å². The summed E-state index contributed by atoms with van der Waals surface area (Å²) in [4.78, 5) is 13.8. The van der Waals surface area contributed by atoms with Crippen LogP contribution < -0.4 is 0 Å². The molecule has 1 fully saturated rings. The maximum atomic E-state index is 12.3. The summed E-state index contributed by atoms with van der Waals surface area (Å²) in [6.45, 7) is 3.13. The number of hydrogen-bond donors (Lipinski definition) is 1. The van der Waals surface area contributed by atoms with Crippen molar-refractivity contribution in [2.24, 2.45) is 0 Å². The molecule has 1 heterocycles. The van der Waals surface area contributed by atoms with E-state index in [4.69, 9.17) is 9.47 Å². The number of likely N-dealkylation sites (N-methyl/N-ethyl adjacent to an activating group) is 1. The van der Waals surface area contributed by atoms with Crippen LogP contribution >= 0.6 is 0 Å². The Bertz CT molecular complexity index is 443. The molecule has 2 rings (SSSR count). The number of amides is 1. The highest BCUT2D eigenvalue weighted by Gasteiger charge is 2.29. The minimum absolute atomic E-state index is 0.129. The molecule has 5 heteroatoms. The number of nitrogens with zero attached hydrogens (tertiary/aromatic N) is 1. The third-order valence-electron chi connectivity index (χ3n) is 3.41. The topological polar surface area (TPSA) is 59.0 Å². The zero-order valence-corrected chi connectivity index (χ0v) is 11.2. The molecule has 104 valence electrons. The molecular weight excluding hydrogens is 246 g/mol. The summed E-state index contributed by atoms with van der Waals surface area (Å²) in [6, 6.07) is 6.79. The number of aromatic hydroxyl groups is 1. The van der Waals surface area contributed by atoms with Crippen molar-refractivity contribution in [3.8, 4) is 5.75 Å². The molecule has 5 nitrogen and oxygen atoms in total. The molecule has 1 amide bonds.